The lowest BCUT2D eigenvalue weighted by Crippen LogP contribution is -2.32. The maximum Gasteiger partial charge on any atom is 0.412 e. The molecular formula is C31H42F6O. The van der Waals surface area contributed by atoms with E-state index in [0.29, 0.717) is 24.9 Å². The van der Waals surface area contributed by atoms with E-state index in [1.165, 1.54) is 77.0 Å². The van der Waals surface area contributed by atoms with Crippen LogP contribution in [0.1, 0.15) is 114 Å². The molecule has 2 saturated carbocycles. The highest BCUT2D eigenvalue weighted by molar-refractivity contribution is 5.61. The van der Waals surface area contributed by atoms with Gasteiger partial charge in [0.15, 0.2) is 0 Å². The summed E-state index contributed by atoms with van der Waals surface area (Å²) in [4.78, 5) is 0. The Bertz CT molecular complexity index is 894. The van der Waals surface area contributed by atoms with Crippen molar-refractivity contribution in [1.29, 1.82) is 0 Å². The maximum absolute atomic E-state index is 14.4. The highest BCUT2D eigenvalue weighted by atomic mass is 19.4. The van der Waals surface area contributed by atoms with Crippen LogP contribution in [0, 0.1) is 41.2 Å². The van der Waals surface area contributed by atoms with Crippen molar-refractivity contribution in [2.45, 2.75) is 109 Å². The number of halogens is 6. The van der Waals surface area contributed by atoms with Crippen molar-refractivity contribution in [3.8, 4) is 0 Å². The van der Waals surface area contributed by atoms with Gasteiger partial charge in [-0.05, 0) is 98.7 Å². The number of hydrogen-bond acceptors (Lipinski definition) is 1. The Hall–Kier alpha value is -1.50. The van der Waals surface area contributed by atoms with Gasteiger partial charge in [-0.2, -0.15) is 13.2 Å². The fraction of sp³-hybridized carbons (Fsp3) is 0.742. The number of hydrogen-bond donors (Lipinski definition) is 0. The summed E-state index contributed by atoms with van der Waals surface area (Å²) in [5, 5.41) is 0. The molecule has 0 amide bonds. The van der Waals surface area contributed by atoms with Gasteiger partial charge in [-0.1, -0.05) is 45.4 Å². The third-order valence-electron chi connectivity index (χ3n) is 9.53. The Morgan fingerprint density at radius 2 is 1.34 bits per heavy atom. The molecule has 2 unspecified atom stereocenters. The molecule has 0 radical (unpaired) electrons. The Labute approximate surface area is 223 Å². The van der Waals surface area contributed by atoms with E-state index in [4.69, 9.17) is 4.74 Å². The summed E-state index contributed by atoms with van der Waals surface area (Å²) >= 11 is 0. The minimum Gasteiger partial charge on any atom is -0.373 e. The number of ether oxygens (including phenoxy) is 1. The Morgan fingerprint density at radius 1 is 0.816 bits per heavy atom. The predicted molar refractivity (Wildman–Crippen MR) is 138 cm³/mol. The molecule has 0 bridgehead atoms. The molecule has 3 aliphatic rings. The van der Waals surface area contributed by atoms with Crippen molar-refractivity contribution in [2.24, 2.45) is 29.6 Å². The van der Waals surface area contributed by atoms with Gasteiger partial charge in [-0.15, -0.1) is 0 Å². The zero-order valence-electron chi connectivity index (χ0n) is 22.5. The van der Waals surface area contributed by atoms with Crippen molar-refractivity contribution < 1.29 is 31.1 Å². The van der Waals surface area contributed by atoms with Gasteiger partial charge in [-0.3, -0.25) is 0 Å². The molecule has 3 fully saturated rings. The summed E-state index contributed by atoms with van der Waals surface area (Å²) in [6.45, 7) is 2.77. The second kappa shape index (κ2) is 13.2. The van der Waals surface area contributed by atoms with Crippen molar-refractivity contribution in [1.82, 2.24) is 0 Å². The van der Waals surface area contributed by atoms with E-state index in [-0.39, 0.29) is 5.56 Å². The van der Waals surface area contributed by atoms with E-state index >= 15 is 0 Å². The van der Waals surface area contributed by atoms with Gasteiger partial charge in [-0.25, -0.2) is 13.2 Å². The fourth-order valence-corrected chi connectivity index (χ4v) is 7.35. The normalized spacial score (nSPS) is 31.4. The second-order valence-electron chi connectivity index (χ2n) is 12.0. The number of benzene rings is 1. The minimum absolute atomic E-state index is 0.205. The summed E-state index contributed by atoms with van der Waals surface area (Å²) < 4.78 is 85.9. The Morgan fingerprint density at radius 3 is 1.84 bits per heavy atom. The average molecular weight is 545 g/mol. The monoisotopic (exact) mass is 544 g/mol. The molecule has 1 aromatic rings. The highest BCUT2D eigenvalue weighted by Gasteiger charge is 2.36. The number of rotatable bonds is 8. The zero-order chi connectivity index (χ0) is 27.3. The van der Waals surface area contributed by atoms with Crippen LogP contribution in [0.15, 0.2) is 18.2 Å². The maximum atomic E-state index is 14.4. The molecule has 1 aromatic carbocycles. The van der Waals surface area contributed by atoms with Crippen LogP contribution in [0.3, 0.4) is 0 Å². The molecule has 2 atom stereocenters. The molecule has 4 rings (SSSR count). The second-order valence-corrected chi connectivity index (χ2v) is 12.0. The van der Waals surface area contributed by atoms with Crippen molar-refractivity contribution in [3.63, 3.8) is 0 Å². The standard InChI is InChI=1S/C31H42F6O/c1-2-3-4-5-20-6-8-21(9-7-20)22-10-12-23(13-11-22)24-14-15-29(38-19-24)25-16-26(32)30(27(33)17-25)28(34)18-31(35,36)37/h16-18,20-24,29H,2-15,19H2,1H3/b28-18-. The van der Waals surface area contributed by atoms with E-state index in [9.17, 15) is 26.3 Å². The van der Waals surface area contributed by atoms with Gasteiger partial charge < -0.3 is 4.74 Å². The molecule has 2 aliphatic carbocycles. The lowest BCUT2D eigenvalue weighted by Gasteiger charge is -2.41. The third-order valence-corrected chi connectivity index (χ3v) is 9.53. The first-order valence-electron chi connectivity index (χ1n) is 14.7. The molecule has 214 valence electrons. The van der Waals surface area contributed by atoms with Crippen LogP contribution in [-0.4, -0.2) is 12.8 Å². The lowest BCUT2D eigenvalue weighted by molar-refractivity contribution is -0.0798. The van der Waals surface area contributed by atoms with E-state index in [1.54, 1.807) is 0 Å². The third kappa shape index (κ3) is 7.79. The van der Waals surface area contributed by atoms with Gasteiger partial charge >= 0.3 is 6.18 Å². The van der Waals surface area contributed by atoms with Crippen molar-refractivity contribution in [3.05, 3.63) is 41.0 Å². The van der Waals surface area contributed by atoms with Gasteiger partial charge in [0.1, 0.15) is 17.5 Å². The van der Waals surface area contributed by atoms with Crippen molar-refractivity contribution in [2.75, 3.05) is 6.61 Å². The first-order valence-corrected chi connectivity index (χ1v) is 14.7. The van der Waals surface area contributed by atoms with Crippen LogP contribution in [0.2, 0.25) is 0 Å². The average Bonchev–Trinajstić information content (AvgIpc) is 2.88. The topological polar surface area (TPSA) is 9.23 Å². The van der Waals surface area contributed by atoms with Crippen molar-refractivity contribution >= 4 is 5.83 Å². The molecular weight excluding hydrogens is 502 g/mol. The van der Waals surface area contributed by atoms with Crippen LogP contribution in [0.25, 0.3) is 5.83 Å². The van der Waals surface area contributed by atoms with Gasteiger partial charge in [0, 0.05) is 0 Å². The van der Waals surface area contributed by atoms with Crippen LogP contribution in [-0.2, 0) is 4.74 Å². The Kier molecular flexibility index (Phi) is 10.3. The van der Waals surface area contributed by atoms with Crippen LogP contribution in [0.4, 0.5) is 26.3 Å². The molecule has 0 aromatic heterocycles. The zero-order valence-corrected chi connectivity index (χ0v) is 22.5. The Balaban J connectivity index is 1.23. The molecule has 0 spiro atoms. The smallest absolute Gasteiger partial charge is 0.373 e. The lowest BCUT2D eigenvalue weighted by atomic mass is 9.66. The SMILES string of the molecule is CCCCCC1CCC(C2CCC(C3CCC(c4cc(F)c(/C(F)=C/C(F)(F)F)c(F)c4)OC3)CC2)CC1. The summed E-state index contributed by atoms with van der Waals surface area (Å²) in [6.07, 6.45) is 11.2. The minimum atomic E-state index is -5.00. The summed E-state index contributed by atoms with van der Waals surface area (Å²) in [5.74, 6) is -0.980. The molecule has 1 aliphatic heterocycles. The first-order chi connectivity index (χ1) is 18.1. The predicted octanol–water partition coefficient (Wildman–Crippen LogP) is 10.5. The van der Waals surface area contributed by atoms with E-state index in [1.807, 2.05) is 0 Å². The highest BCUT2D eigenvalue weighted by Crippen LogP contribution is 2.46. The molecule has 0 N–H and O–H groups in total. The quantitative estimate of drug-likeness (QED) is 0.234. The fourth-order valence-electron chi connectivity index (χ4n) is 7.35. The summed E-state index contributed by atoms with van der Waals surface area (Å²) in [5.41, 5.74) is -1.09. The molecule has 1 heterocycles. The van der Waals surface area contributed by atoms with E-state index < -0.39 is 41.4 Å². The first kappa shape index (κ1) is 29.5. The van der Waals surface area contributed by atoms with Crippen LogP contribution >= 0.6 is 0 Å². The van der Waals surface area contributed by atoms with Crippen LogP contribution < -0.4 is 0 Å². The van der Waals surface area contributed by atoms with Crippen LogP contribution in [0.5, 0.6) is 0 Å². The summed E-state index contributed by atoms with van der Waals surface area (Å²) in [6, 6.07) is 1.80. The molecule has 38 heavy (non-hydrogen) atoms. The summed E-state index contributed by atoms with van der Waals surface area (Å²) in [7, 11) is 0. The number of unbranched alkanes of at least 4 members (excludes halogenated alkanes) is 2. The molecule has 1 nitrogen and oxygen atoms in total. The van der Waals surface area contributed by atoms with E-state index in [2.05, 4.69) is 6.92 Å². The van der Waals surface area contributed by atoms with E-state index in [0.717, 1.165) is 36.3 Å². The van der Waals surface area contributed by atoms with Gasteiger partial charge in [0.2, 0.25) is 0 Å². The molecule has 7 heteroatoms. The number of allylic oxidation sites excluding steroid dienone is 1. The largest absolute Gasteiger partial charge is 0.412 e. The van der Waals surface area contributed by atoms with Gasteiger partial charge in [0.25, 0.3) is 0 Å². The van der Waals surface area contributed by atoms with Gasteiger partial charge in [0.05, 0.1) is 24.4 Å². The number of alkyl halides is 3. The molecule has 1 saturated heterocycles.